The zero-order valence-electron chi connectivity index (χ0n) is 27.5. The number of fused-ring (bicyclic) bond motifs is 1. The molecule has 0 aliphatic rings. The summed E-state index contributed by atoms with van der Waals surface area (Å²) in [5.41, 5.74) is 16.9. The molecule has 0 radical (unpaired) electrons. The molecule has 42 heavy (non-hydrogen) atoms. The van der Waals surface area contributed by atoms with Crippen molar-refractivity contribution in [2.45, 2.75) is 80.1 Å². The minimum atomic E-state index is 0.411. The van der Waals surface area contributed by atoms with Crippen LogP contribution in [0.3, 0.4) is 0 Å². The highest BCUT2D eigenvalue weighted by Crippen LogP contribution is 2.40. The molecular formula is C39H48N3+. The fourth-order valence-electron chi connectivity index (χ4n) is 6.52. The van der Waals surface area contributed by atoms with Gasteiger partial charge in [0.2, 0.25) is 0 Å². The van der Waals surface area contributed by atoms with Gasteiger partial charge in [-0.15, -0.1) is 0 Å². The number of pyridine rings is 1. The number of benzene rings is 3. The van der Waals surface area contributed by atoms with Gasteiger partial charge in [0.15, 0.2) is 11.2 Å². The van der Waals surface area contributed by atoms with Crippen molar-refractivity contribution in [2.75, 3.05) is 19.0 Å². The van der Waals surface area contributed by atoms with Crippen LogP contribution in [-0.4, -0.2) is 18.5 Å². The van der Waals surface area contributed by atoms with Gasteiger partial charge in [-0.05, 0) is 103 Å². The monoisotopic (exact) mass is 558 g/mol. The van der Waals surface area contributed by atoms with E-state index in [1.165, 1.54) is 72.8 Å². The smallest absolute Gasteiger partial charge is 0.255 e. The predicted octanol–water partition coefficient (Wildman–Crippen LogP) is 9.91. The molecule has 0 saturated heterocycles. The zero-order chi connectivity index (χ0) is 30.5. The van der Waals surface area contributed by atoms with E-state index < -0.39 is 0 Å². The van der Waals surface area contributed by atoms with Gasteiger partial charge >= 0.3 is 0 Å². The molecule has 2 aromatic heterocycles. The van der Waals surface area contributed by atoms with Crippen LogP contribution in [0.15, 0.2) is 73.1 Å². The molecule has 0 fully saturated rings. The van der Waals surface area contributed by atoms with Crippen LogP contribution in [0.4, 0.5) is 5.69 Å². The van der Waals surface area contributed by atoms with E-state index in [2.05, 4.69) is 163 Å². The first-order valence-electron chi connectivity index (χ1n) is 15.5. The van der Waals surface area contributed by atoms with Crippen LogP contribution in [0.5, 0.6) is 0 Å². The van der Waals surface area contributed by atoms with E-state index in [9.17, 15) is 0 Å². The van der Waals surface area contributed by atoms with Crippen molar-refractivity contribution in [3.63, 3.8) is 0 Å². The molecule has 0 aliphatic heterocycles. The van der Waals surface area contributed by atoms with Crippen LogP contribution in [0.1, 0.15) is 92.7 Å². The Hall–Kier alpha value is -3.85. The van der Waals surface area contributed by atoms with Crippen molar-refractivity contribution < 1.29 is 4.57 Å². The molecule has 0 saturated carbocycles. The second-order valence-electron chi connectivity index (χ2n) is 13.2. The third-order valence-electron chi connectivity index (χ3n) is 8.66. The van der Waals surface area contributed by atoms with Gasteiger partial charge in [-0.2, -0.15) is 8.97 Å². The molecule has 3 aromatic carbocycles. The minimum absolute atomic E-state index is 0.411. The van der Waals surface area contributed by atoms with Crippen molar-refractivity contribution in [1.82, 2.24) is 4.40 Å². The number of aryl methyl sites for hydroxylation is 3. The molecule has 5 rings (SSSR count). The molecule has 0 unspecified atom stereocenters. The van der Waals surface area contributed by atoms with E-state index in [-0.39, 0.29) is 0 Å². The largest absolute Gasteiger partial charge is 0.378 e. The molecular weight excluding hydrogens is 510 g/mol. The minimum Gasteiger partial charge on any atom is -0.378 e. The number of nitrogens with zero attached hydrogens (tertiary/aromatic N) is 3. The van der Waals surface area contributed by atoms with E-state index in [4.69, 9.17) is 0 Å². The van der Waals surface area contributed by atoms with Gasteiger partial charge in [-0.1, -0.05) is 77.4 Å². The SMILES string of the molecule is Cc1cc(C)c(-[n+]2cn3c(-c4c(C(C)C)cc(C(C)C)cc4C(C)C)cccc3c2-c2ccc(N(C)C)cc2)c(C)c1. The Morgan fingerprint density at radius 3 is 1.76 bits per heavy atom. The predicted molar refractivity (Wildman–Crippen MR) is 181 cm³/mol. The lowest BCUT2D eigenvalue weighted by Crippen LogP contribution is -2.33. The van der Waals surface area contributed by atoms with Crippen molar-refractivity contribution in [3.8, 4) is 28.2 Å². The van der Waals surface area contributed by atoms with Gasteiger partial charge in [0.05, 0.1) is 0 Å². The molecule has 0 atom stereocenters. The fourth-order valence-corrected chi connectivity index (χ4v) is 6.52. The Kier molecular flexibility index (Phi) is 8.07. The normalized spacial score (nSPS) is 11.9. The molecule has 218 valence electrons. The van der Waals surface area contributed by atoms with Crippen molar-refractivity contribution in [3.05, 3.63) is 106 Å². The van der Waals surface area contributed by atoms with Gasteiger partial charge in [0.1, 0.15) is 11.4 Å². The number of anilines is 1. The lowest BCUT2D eigenvalue weighted by Gasteiger charge is -2.22. The maximum Gasteiger partial charge on any atom is 0.255 e. The van der Waals surface area contributed by atoms with Crippen LogP contribution < -0.4 is 9.47 Å². The molecule has 0 bridgehead atoms. The summed E-state index contributed by atoms with van der Waals surface area (Å²) in [4.78, 5) is 2.16. The highest BCUT2D eigenvalue weighted by atomic mass is 15.1. The fraction of sp³-hybridized carbons (Fsp3) is 0.359. The number of hydrogen-bond acceptors (Lipinski definition) is 1. The number of imidazole rings is 1. The summed E-state index contributed by atoms with van der Waals surface area (Å²) in [6.45, 7) is 20.6. The average molecular weight is 559 g/mol. The van der Waals surface area contributed by atoms with Crippen LogP contribution in [0.2, 0.25) is 0 Å². The number of rotatable bonds is 7. The second kappa shape index (κ2) is 11.4. The standard InChI is InChI=1S/C39H48N3/c1-24(2)31-21-33(25(3)4)37(34(22-31)26(5)6)35-13-12-14-36-39(30-15-17-32(18-16-30)40(10)11)42(23-41(35)36)38-28(8)19-27(7)20-29(38)9/h12-26H,1-11H3/q+1. The maximum absolute atomic E-state index is 2.46. The van der Waals surface area contributed by atoms with Crippen LogP contribution in [0.25, 0.3) is 33.7 Å². The molecule has 3 heteroatoms. The van der Waals surface area contributed by atoms with E-state index in [1.807, 2.05) is 0 Å². The summed E-state index contributed by atoms with van der Waals surface area (Å²) >= 11 is 0. The second-order valence-corrected chi connectivity index (χ2v) is 13.2. The molecule has 0 amide bonds. The first kappa shape index (κ1) is 29.6. The zero-order valence-corrected chi connectivity index (χ0v) is 27.5. The maximum atomic E-state index is 2.46. The molecule has 5 aromatic rings. The Bertz CT molecular complexity index is 1700. The van der Waals surface area contributed by atoms with Crippen molar-refractivity contribution in [1.29, 1.82) is 0 Å². The van der Waals surface area contributed by atoms with Crippen LogP contribution in [-0.2, 0) is 0 Å². The third-order valence-corrected chi connectivity index (χ3v) is 8.66. The highest BCUT2D eigenvalue weighted by molar-refractivity contribution is 5.81. The van der Waals surface area contributed by atoms with Gasteiger partial charge in [-0.25, -0.2) is 0 Å². The lowest BCUT2D eigenvalue weighted by molar-refractivity contribution is -0.583. The van der Waals surface area contributed by atoms with Crippen molar-refractivity contribution >= 4 is 11.2 Å². The van der Waals surface area contributed by atoms with E-state index in [0.29, 0.717) is 17.8 Å². The molecule has 0 N–H and O–H groups in total. The molecule has 2 heterocycles. The van der Waals surface area contributed by atoms with E-state index in [1.54, 1.807) is 0 Å². The van der Waals surface area contributed by atoms with Crippen molar-refractivity contribution in [2.24, 2.45) is 0 Å². The first-order valence-corrected chi connectivity index (χ1v) is 15.5. The summed E-state index contributed by atoms with van der Waals surface area (Å²) in [5.74, 6) is 1.31. The summed E-state index contributed by atoms with van der Waals surface area (Å²) in [7, 11) is 4.19. The Balaban J connectivity index is 1.91. The topological polar surface area (TPSA) is 11.5 Å². The quantitative estimate of drug-likeness (QED) is 0.181. The third kappa shape index (κ3) is 5.26. The summed E-state index contributed by atoms with van der Waals surface area (Å²) < 4.78 is 4.87. The average Bonchev–Trinajstić information content (AvgIpc) is 3.30. The molecule has 0 aliphatic carbocycles. The number of hydrogen-bond donors (Lipinski definition) is 0. The Morgan fingerprint density at radius 1 is 0.690 bits per heavy atom. The first-order chi connectivity index (χ1) is 19.9. The lowest BCUT2D eigenvalue weighted by atomic mass is 9.83. The molecule has 3 nitrogen and oxygen atoms in total. The molecule has 0 spiro atoms. The summed E-state index contributed by atoms with van der Waals surface area (Å²) in [5, 5.41) is 0. The van der Waals surface area contributed by atoms with Gasteiger partial charge < -0.3 is 4.90 Å². The van der Waals surface area contributed by atoms with Gasteiger partial charge in [0.25, 0.3) is 6.33 Å². The van der Waals surface area contributed by atoms with E-state index in [0.717, 1.165) is 0 Å². The van der Waals surface area contributed by atoms with Crippen LogP contribution in [0, 0.1) is 20.8 Å². The van der Waals surface area contributed by atoms with Gasteiger partial charge in [0, 0.05) is 30.9 Å². The number of aromatic nitrogens is 2. The Labute approximate surface area is 253 Å². The Morgan fingerprint density at radius 2 is 1.26 bits per heavy atom. The highest BCUT2D eigenvalue weighted by Gasteiger charge is 2.28. The van der Waals surface area contributed by atoms with E-state index >= 15 is 0 Å². The summed E-state index contributed by atoms with van der Waals surface area (Å²) in [6.07, 6.45) is 2.33. The van der Waals surface area contributed by atoms with Crippen LogP contribution >= 0.6 is 0 Å². The summed E-state index contributed by atoms with van der Waals surface area (Å²) in [6, 6.07) is 25.3. The van der Waals surface area contributed by atoms with Gasteiger partial charge in [-0.3, -0.25) is 0 Å².